The molecule has 3 rings (SSSR count). The summed E-state index contributed by atoms with van der Waals surface area (Å²) < 4.78 is 5.39. The largest absolute Gasteiger partial charge is 0.392 e. The molecule has 1 saturated heterocycles. The van der Waals surface area contributed by atoms with Crippen molar-refractivity contribution in [3.8, 4) is 0 Å². The Kier molecular flexibility index (Phi) is 9.81. The van der Waals surface area contributed by atoms with Gasteiger partial charge in [-0.05, 0) is 66.3 Å². The van der Waals surface area contributed by atoms with E-state index in [-0.39, 0.29) is 11.5 Å². The number of aryl methyl sites for hydroxylation is 3. The summed E-state index contributed by atoms with van der Waals surface area (Å²) in [4.78, 5) is 2.30. The second-order valence-corrected chi connectivity index (χ2v) is 10.7. The molecule has 1 N–H and O–H groups in total. The first kappa shape index (κ1) is 26.2. The number of morpholine rings is 1. The van der Waals surface area contributed by atoms with Gasteiger partial charge in [-0.15, -0.1) is 11.6 Å². The number of hydrogen-bond acceptors (Lipinski definition) is 3. The number of aliphatic hydroxyl groups excluding tert-OH is 1. The molecule has 2 aromatic carbocycles. The van der Waals surface area contributed by atoms with Gasteiger partial charge < -0.3 is 9.84 Å². The second-order valence-electron chi connectivity index (χ2n) is 10.4. The third-order valence-corrected chi connectivity index (χ3v) is 7.78. The van der Waals surface area contributed by atoms with Crippen molar-refractivity contribution in [2.45, 2.75) is 64.9 Å². The van der Waals surface area contributed by atoms with Crippen LogP contribution in [0.25, 0.3) is 0 Å². The van der Waals surface area contributed by atoms with Crippen molar-refractivity contribution in [3.05, 3.63) is 70.3 Å². The topological polar surface area (TPSA) is 32.7 Å². The van der Waals surface area contributed by atoms with E-state index in [4.69, 9.17) is 16.3 Å². The van der Waals surface area contributed by atoms with Gasteiger partial charge in [-0.2, -0.15) is 0 Å². The molecule has 0 aliphatic carbocycles. The molecule has 1 heterocycles. The predicted octanol–water partition coefficient (Wildman–Crippen LogP) is 5.75. The van der Waals surface area contributed by atoms with Crippen LogP contribution in [-0.2, 0) is 23.0 Å². The van der Waals surface area contributed by atoms with E-state index in [1.165, 1.54) is 27.8 Å². The van der Waals surface area contributed by atoms with Gasteiger partial charge in [-0.25, -0.2) is 0 Å². The molecule has 33 heavy (non-hydrogen) atoms. The van der Waals surface area contributed by atoms with E-state index in [0.717, 1.165) is 64.4 Å². The number of hydrogen-bond donors (Lipinski definition) is 1. The summed E-state index contributed by atoms with van der Waals surface area (Å²) in [6.45, 7) is 13.2. The minimum absolute atomic E-state index is 0.0545. The van der Waals surface area contributed by atoms with Crippen LogP contribution in [-0.4, -0.2) is 54.8 Å². The minimum Gasteiger partial charge on any atom is -0.392 e. The maximum atomic E-state index is 10.4. The van der Waals surface area contributed by atoms with Gasteiger partial charge in [0.05, 0.1) is 19.3 Å². The number of alkyl halides is 1. The first-order chi connectivity index (χ1) is 15.8. The molecule has 0 saturated carbocycles. The lowest BCUT2D eigenvalue weighted by atomic mass is 9.77. The molecule has 4 heteroatoms. The van der Waals surface area contributed by atoms with Gasteiger partial charge in [-0.3, -0.25) is 4.90 Å². The lowest BCUT2D eigenvalue weighted by Crippen LogP contribution is -2.41. The molecule has 1 fully saturated rings. The maximum Gasteiger partial charge on any atom is 0.0670 e. The molecule has 0 unspecified atom stereocenters. The van der Waals surface area contributed by atoms with Crippen LogP contribution in [0.15, 0.2) is 42.5 Å². The summed E-state index contributed by atoms with van der Waals surface area (Å²) in [5, 5.41) is 10.4. The highest BCUT2D eigenvalue weighted by Gasteiger charge is 2.24. The number of rotatable bonds is 11. The zero-order valence-corrected chi connectivity index (χ0v) is 21.7. The average Bonchev–Trinajstić information content (AvgIpc) is 2.82. The molecule has 0 aromatic heterocycles. The Morgan fingerprint density at radius 2 is 1.67 bits per heavy atom. The molecular formula is C29H42ClNO2. The molecular weight excluding hydrogens is 430 g/mol. The molecule has 2 atom stereocenters. The van der Waals surface area contributed by atoms with Crippen molar-refractivity contribution >= 4 is 11.6 Å². The van der Waals surface area contributed by atoms with Crippen LogP contribution in [0.2, 0.25) is 0 Å². The summed E-state index contributed by atoms with van der Waals surface area (Å²) in [6.07, 6.45) is 3.64. The van der Waals surface area contributed by atoms with E-state index in [1.807, 2.05) is 0 Å². The van der Waals surface area contributed by atoms with Crippen molar-refractivity contribution in [2.75, 3.05) is 38.7 Å². The van der Waals surface area contributed by atoms with Crippen LogP contribution in [0.3, 0.4) is 0 Å². The second kappa shape index (κ2) is 12.4. The van der Waals surface area contributed by atoms with Crippen LogP contribution in [0, 0.1) is 12.8 Å². The molecule has 1 aliphatic heterocycles. The molecule has 1 aliphatic rings. The Morgan fingerprint density at radius 1 is 1.00 bits per heavy atom. The summed E-state index contributed by atoms with van der Waals surface area (Å²) in [7, 11) is 0. The van der Waals surface area contributed by atoms with E-state index in [0.29, 0.717) is 5.92 Å². The van der Waals surface area contributed by atoms with Gasteiger partial charge in [0.25, 0.3) is 0 Å². The van der Waals surface area contributed by atoms with Gasteiger partial charge in [-0.1, -0.05) is 63.2 Å². The minimum atomic E-state index is -0.284. The molecule has 3 nitrogen and oxygen atoms in total. The van der Waals surface area contributed by atoms with E-state index in [1.54, 1.807) is 0 Å². The smallest absolute Gasteiger partial charge is 0.0670 e. The summed E-state index contributed by atoms with van der Waals surface area (Å²) in [5.74, 6) is 1.29. The first-order valence-electron chi connectivity index (χ1n) is 12.5. The fourth-order valence-corrected chi connectivity index (χ4v) is 4.76. The molecule has 0 spiro atoms. The van der Waals surface area contributed by atoms with Gasteiger partial charge in [0.15, 0.2) is 0 Å². The third kappa shape index (κ3) is 7.55. The lowest BCUT2D eigenvalue weighted by Gasteiger charge is -2.28. The quantitative estimate of drug-likeness (QED) is 0.423. The molecule has 2 aromatic rings. The van der Waals surface area contributed by atoms with Crippen molar-refractivity contribution < 1.29 is 9.84 Å². The number of benzene rings is 2. The highest BCUT2D eigenvalue weighted by molar-refractivity contribution is 6.18. The normalized spacial score (nSPS) is 17.2. The highest BCUT2D eigenvalue weighted by Crippen LogP contribution is 2.33. The average molecular weight is 472 g/mol. The standard InChI is InChI=1S/C29H42ClNO2/c1-22(20-30)5-9-25-10-13-27(19-23(25)2)29(3,4)26-11-6-24(7-12-26)8-14-28(32)21-31-15-17-33-18-16-31/h6-7,10-13,19,22,28,32H,5,8-9,14-18,20-21H2,1-4H3/t22-,28-/m0/s1. The number of β-amino-alcohol motifs (C(OH)–C–C–N with tert-alkyl or cyclic N) is 1. The van der Waals surface area contributed by atoms with Crippen LogP contribution in [0.1, 0.15) is 61.4 Å². The van der Waals surface area contributed by atoms with Crippen LogP contribution in [0.4, 0.5) is 0 Å². The van der Waals surface area contributed by atoms with Gasteiger partial charge in [0.1, 0.15) is 0 Å². The zero-order valence-electron chi connectivity index (χ0n) is 20.9. The summed E-state index contributed by atoms with van der Waals surface area (Å²) in [6, 6.07) is 15.9. The Bertz CT molecular complexity index is 858. The Morgan fingerprint density at radius 3 is 2.30 bits per heavy atom. The van der Waals surface area contributed by atoms with Crippen molar-refractivity contribution in [1.82, 2.24) is 4.90 Å². The van der Waals surface area contributed by atoms with Crippen molar-refractivity contribution in [2.24, 2.45) is 5.92 Å². The third-order valence-electron chi connectivity index (χ3n) is 7.25. The van der Waals surface area contributed by atoms with Gasteiger partial charge >= 0.3 is 0 Å². The molecule has 0 radical (unpaired) electrons. The number of halogens is 1. The lowest BCUT2D eigenvalue weighted by molar-refractivity contribution is 0.0133. The Labute approximate surface area is 206 Å². The number of aliphatic hydroxyl groups is 1. The molecule has 182 valence electrons. The molecule has 0 bridgehead atoms. The Balaban J connectivity index is 1.57. The fraction of sp³-hybridized carbons (Fsp3) is 0.586. The Hall–Kier alpha value is -1.39. The van der Waals surface area contributed by atoms with Crippen LogP contribution in [0.5, 0.6) is 0 Å². The predicted molar refractivity (Wildman–Crippen MR) is 140 cm³/mol. The SMILES string of the molecule is Cc1cc(C(C)(C)c2ccc(CC[C@H](O)CN3CCOCC3)cc2)ccc1CC[C@H](C)CCl. The van der Waals surface area contributed by atoms with E-state index in [2.05, 4.69) is 75.1 Å². The fourth-order valence-electron chi connectivity index (χ4n) is 4.61. The van der Waals surface area contributed by atoms with Crippen LogP contribution < -0.4 is 0 Å². The van der Waals surface area contributed by atoms with E-state index >= 15 is 0 Å². The maximum absolute atomic E-state index is 10.4. The summed E-state index contributed by atoms with van der Waals surface area (Å²) in [5.41, 5.74) is 6.70. The number of ether oxygens (including phenoxy) is 1. The van der Waals surface area contributed by atoms with Gasteiger partial charge in [0.2, 0.25) is 0 Å². The van der Waals surface area contributed by atoms with Gasteiger partial charge in [0, 0.05) is 30.9 Å². The van der Waals surface area contributed by atoms with Crippen LogP contribution >= 0.6 is 11.6 Å². The first-order valence-corrected chi connectivity index (χ1v) is 13.1. The number of nitrogens with zero attached hydrogens (tertiary/aromatic N) is 1. The van der Waals surface area contributed by atoms with Crippen molar-refractivity contribution in [1.29, 1.82) is 0 Å². The molecule has 0 amide bonds. The highest BCUT2D eigenvalue weighted by atomic mass is 35.5. The van der Waals surface area contributed by atoms with E-state index in [9.17, 15) is 5.11 Å². The monoisotopic (exact) mass is 471 g/mol. The zero-order chi connectivity index (χ0) is 23.8. The van der Waals surface area contributed by atoms with E-state index < -0.39 is 0 Å². The van der Waals surface area contributed by atoms with Crippen molar-refractivity contribution in [3.63, 3.8) is 0 Å². The summed E-state index contributed by atoms with van der Waals surface area (Å²) >= 11 is 5.98.